The van der Waals surface area contributed by atoms with E-state index in [-0.39, 0.29) is 0 Å². The Bertz CT molecular complexity index is 355. The lowest BCUT2D eigenvalue weighted by atomic mass is 9.72. The molecular formula is C16H26N2. The number of nitrogen functional groups attached to an aromatic ring is 1. The molecule has 2 N–H and O–H groups in total. The van der Waals surface area contributed by atoms with Crippen molar-refractivity contribution < 1.29 is 0 Å². The van der Waals surface area contributed by atoms with E-state index >= 15 is 0 Å². The summed E-state index contributed by atoms with van der Waals surface area (Å²) in [5.74, 6) is 0. The van der Waals surface area contributed by atoms with Crippen molar-refractivity contribution in [3.8, 4) is 0 Å². The lowest BCUT2D eigenvalue weighted by Crippen LogP contribution is -2.55. The highest BCUT2D eigenvalue weighted by atomic mass is 15.2. The molecule has 18 heavy (non-hydrogen) atoms. The predicted molar refractivity (Wildman–Crippen MR) is 78.4 cm³/mol. The zero-order valence-electron chi connectivity index (χ0n) is 11.8. The third-order valence-corrected chi connectivity index (χ3v) is 4.06. The molecule has 0 atom stereocenters. The number of benzene rings is 1. The van der Waals surface area contributed by atoms with Crippen LogP contribution in [-0.4, -0.2) is 18.0 Å². The van der Waals surface area contributed by atoms with Crippen LogP contribution >= 0.6 is 0 Å². The van der Waals surface area contributed by atoms with E-state index in [1.165, 1.54) is 44.3 Å². The van der Waals surface area contributed by atoms with Crippen LogP contribution < -0.4 is 5.73 Å². The van der Waals surface area contributed by atoms with E-state index in [1.807, 2.05) is 12.1 Å². The average molecular weight is 246 g/mol. The van der Waals surface area contributed by atoms with Crippen LogP contribution in [0.5, 0.6) is 0 Å². The summed E-state index contributed by atoms with van der Waals surface area (Å²) in [6.45, 7) is 8.24. The monoisotopic (exact) mass is 246 g/mol. The molecule has 1 fully saturated rings. The number of rotatable bonds is 6. The Kier molecular flexibility index (Phi) is 4.28. The molecule has 1 aromatic rings. The van der Waals surface area contributed by atoms with Gasteiger partial charge < -0.3 is 5.73 Å². The SMILES string of the molecule is CCCC1(CCC)CN(Cc2ccc(N)cc2)C1. The van der Waals surface area contributed by atoms with E-state index in [0.29, 0.717) is 5.41 Å². The summed E-state index contributed by atoms with van der Waals surface area (Å²) in [5.41, 5.74) is 8.57. The molecule has 1 heterocycles. The van der Waals surface area contributed by atoms with Crippen molar-refractivity contribution in [3.05, 3.63) is 29.8 Å². The molecule has 1 aromatic carbocycles. The Labute approximate surface area is 111 Å². The van der Waals surface area contributed by atoms with Crippen LogP contribution in [0, 0.1) is 5.41 Å². The van der Waals surface area contributed by atoms with Crippen molar-refractivity contribution in [2.24, 2.45) is 5.41 Å². The molecule has 1 aliphatic rings. The highest BCUT2D eigenvalue weighted by molar-refractivity contribution is 5.39. The second-order valence-corrected chi connectivity index (χ2v) is 5.89. The molecule has 1 saturated heterocycles. The van der Waals surface area contributed by atoms with Crippen LogP contribution in [0.4, 0.5) is 5.69 Å². The van der Waals surface area contributed by atoms with Gasteiger partial charge in [0.15, 0.2) is 0 Å². The number of nitrogens with two attached hydrogens (primary N) is 1. The van der Waals surface area contributed by atoms with E-state index in [9.17, 15) is 0 Å². The van der Waals surface area contributed by atoms with Crippen molar-refractivity contribution >= 4 is 5.69 Å². The first-order valence-electron chi connectivity index (χ1n) is 7.24. The van der Waals surface area contributed by atoms with Gasteiger partial charge in [-0.2, -0.15) is 0 Å². The second kappa shape index (κ2) is 5.75. The van der Waals surface area contributed by atoms with E-state index in [1.54, 1.807) is 0 Å². The minimum Gasteiger partial charge on any atom is -0.399 e. The number of hydrogen-bond acceptors (Lipinski definition) is 2. The zero-order valence-corrected chi connectivity index (χ0v) is 11.8. The van der Waals surface area contributed by atoms with Crippen LogP contribution in [0.2, 0.25) is 0 Å². The Hall–Kier alpha value is -1.02. The van der Waals surface area contributed by atoms with Gasteiger partial charge in [-0.25, -0.2) is 0 Å². The Balaban J connectivity index is 1.86. The molecule has 2 nitrogen and oxygen atoms in total. The van der Waals surface area contributed by atoms with Gasteiger partial charge in [0.2, 0.25) is 0 Å². The maximum absolute atomic E-state index is 5.71. The predicted octanol–water partition coefficient (Wildman–Crippen LogP) is 3.67. The number of nitrogens with zero attached hydrogens (tertiary/aromatic N) is 1. The summed E-state index contributed by atoms with van der Waals surface area (Å²) in [4.78, 5) is 2.57. The smallest absolute Gasteiger partial charge is 0.0314 e. The van der Waals surface area contributed by atoms with E-state index < -0.39 is 0 Å². The van der Waals surface area contributed by atoms with Gasteiger partial charge in [0, 0.05) is 25.3 Å². The van der Waals surface area contributed by atoms with Gasteiger partial charge in [0.1, 0.15) is 0 Å². The molecule has 0 amide bonds. The van der Waals surface area contributed by atoms with Gasteiger partial charge in [0.05, 0.1) is 0 Å². The summed E-state index contributed by atoms with van der Waals surface area (Å²) >= 11 is 0. The maximum atomic E-state index is 5.71. The Morgan fingerprint density at radius 3 is 2.11 bits per heavy atom. The maximum Gasteiger partial charge on any atom is 0.0314 e. The van der Waals surface area contributed by atoms with E-state index in [4.69, 9.17) is 5.73 Å². The molecule has 0 saturated carbocycles. The summed E-state index contributed by atoms with van der Waals surface area (Å²) in [5, 5.41) is 0. The largest absolute Gasteiger partial charge is 0.399 e. The lowest BCUT2D eigenvalue weighted by Gasteiger charge is -2.51. The average Bonchev–Trinajstić information content (AvgIpc) is 2.30. The molecule has 2 rings (SSSR count). The molecule has 0 radical (unpaired) electrons. The van der Waals surface area contributed by atoms with E-state index in [0.717, 1.165) is 12.2 Å². The van der Waals surface area contributed by atoms with Crippen molar-refractivity contribution in [1.29, 1.82) is 0 Å². The fourth-order valence-electron chi connectivity index (χ4n) is 3.40. The van der Waals surface area contributed by atoms with Gasteiger partial charge in [-0.3, -0.25) is 4.90 Å². The van der Waals surface area contributed by atoms with Crippen molar-refractivity contribution in [2.75, 3.05) is 18.8 Å². The van der Waals surface area contributed by atoms with Crippen LogP contribution in [0.3, 0.4) is 0 Å². The van der Waals surface area contributed by atoms with Gasteiger partial charge in [-0.1, -0.05) is 38.8 Å². The Morgan fingerprint density at radius 2 is 1.61 bits per heavy atom. The molecule has 0 aromatic heterocycles. The molecule has 0 aliphatic carbocycles. The van der Waals surface area contributed by atoms with Gasteiger partial charge >= 0.3 is 0 Å². The fourth-order valence-corrected chi connectivity index (χ4v) is 3.40. The van der Waals surface area contributed by atoms with Crippen LogP contribution in [0.25, 0.3) is 0 Å². The highest BCUT2D eigenvalue weighted by Gasteiger charge is 2.40. The van der Waals surface area contributed by atoms with Crippen molar-refractivity contribution in [3.63, 3.8) is 0 Å². The van der Waals surface area contributed by atoms with Gasteiger partial charge in [-0.15, -0.1) is 0 Å². The third kappa shape index (κ3) is 3.05. The lowest BCUT2D eigenvalue weighted by molar-refractivity contribution is -0.0203. The van der Waals surface area contributed by atoms with E-state index in [2.05, 4.69) is 30.9 Å². The van der Waals surface area contributed by atoms with Crippen LogP contribution in [0.15, 0.2) is 24.3 Å². The molecule has 0 unspecified atom stereocenters. The number of hydrogen-bond donors (Lipinski definition) is 1. The minimum atomic E-state index is 0.622. The highest BCUT2D eigenvalue weighted by Crippen LogP contribution is 2.40. The topological polar surface area (TPSA) is 29.3 Å². The summed E-state index contributed by atoms with van der Waals surface area (Å²) in [6, 6.07) is 8.30. The molecule has 0 bridgehead atoms. The number of anilines is 1. The van der Waals surface area contributed by atoms with Gasteiger partial charge in [-0.05, 0) is 36.0 Å². The molecule has 0 spiro atoms. The summed E-state index contributed by atoms with van der Waals surface area (Å²) in [6.07, 6.45) is 5.41. The Morgan fingerprint density at radius 1 is 1.06 bits per heavy atom. The zero-order chi connectivity index (χ0) is 13.0. The van der Waals surface area contributed by atoms with Crippen LogP contribution in [-0.2, 0) is 6.54 Å². The first kappa shape index (κ1) is 13.4. The molecule has 1 aliphatic heterocycles. The quantitative estimate of drug-likeness (QED) is 0.776. The molecule has 100 valence electrons. The third-order valence-electron chi connectivity index (χ3n) is 4.06. The van der Waals surface area contributed by atoms with Gasteiger partial charge in [0.25, 0.3) is 0 Å². The fraction of sp³-hybridized carbons (Fsp3) is 0.625. The van der Waals surface area contributed by atoms with Crippen molar-refractivity contribution in [2.45, 2.75) is 46.1 Å². The summed E-state index contributed by atoms with van der Waals surface area (Å²) in [7, 11) is 0. The normalized spacial score (nSPS) is 18.6. The second-order valence-electron chi connectivity index (χ2n) is 5.89. The first-order chi connectivity index (χ1) is 8.67. The minimum absolute atomic E-state index is 0.622. The standard InChI is InChI=1S/C16H26N2/c1-3-9-16(10-4-2)12-18(13-16)11-14-5-7-15(17)8-6-14/h5-8H,3-4,9-13,17H2,1-2H3. The molecular weight excluding hydrogens is 220 g/mol. The first-order valence-corrected chi connectivity index (χ1v) is 7.24. The van der Waals surface area contributed by atoms with Crippen LogP contribution in [0.1, 0.15) is 45.1 Å². The summed E-state index contributed by atoms with van der Waals surface area (Å²) < 4.78 is 0. The van der Waals surface area contributed by atoms with Crippen molar-refractivity contribution in [1.82, 2.24) is 4.90 Å². The number of likely N-dealkylation sites (tertiary alicyclic amines) is 1. The molecule has 2 heteroatoms.